The third kappa shape index (κ3) is 3.25. The number of rotatable bonds is 2. The van der Waals surface area contributed by atoms with Crippen LogP contribution in [0.2, 0.25) is 0 Å². The lowest BCUT2D eigenvalue weighted by atomic mass is 9.94. The van der Waals surface area contributed by atoms with Crippen LogP contribution in [0.25, 0.3) is 0 Å². The van der Waals surface area contributed by atoms with E-state index in [2.05, 4.69) is 10.3 Å². The van der Waals surface area contributed by atoms with E-state index in [1.54, 1.807) is 11.1 Å². The summed E-state index contributed by atoms with van der Waals surface area (Å²) in [5.74, 6) is -0.260. The molecule has 0 bridgehead atoms. The minimum absolute atomic E-state index is 0.129. The fraction of sp³-hybridized carbons (Fsp3) is 0.368. The Bertz CT molecular complexity index is 775. The zero-order valence-electron chi connectivity index (χ0n) is 14.3. The van der Waals surface area contributed by atoms with E-state index in [0.29, 0.717) is 13.1 Å². The molecule has 0 saturated heterocycles. The molecule has 4 nitrogen and oxygen atoms in total. The van der Waals surface area contributed by atoms with Gasteiger partial charge in [-0.1, -0.05) is 12.1 Å². The Morgan fingerprint density at radius 1 is 1.38 bits per heavy atom. The predicted octanol–water partition coefficient (Wildman–Crippen LogP) is 3.67. The summed E-state index contributed by atoms with van der Waals surface area (Å²) in [4.78, 5) is 18.6. The van der Waals surface area contributed by atoms with E-state index in [9.17, 15) is 9.18 Å². The zero-order chi connectivity index (χ0) is 17.3. The molecule has 0 saturated carbocycles. The van der Waals surface area contributed by atoms with Crippen molar-refractivity contribution in [1.29, 1.82) is 0 Å². The number of nitrogens with zero attached hydrogens (tertiary/aromatic N) is 2. The summed E-state index contributed by atoms with van der Waals surface area (Å²) in [5.41, 5.74) is 5.09. The predicted molar refractivity (Wildman–Crippen MR) is 91.2 cm³/mol. The molecule has 1 unspecified atom stereocenters. The lowest BCUT2D eigenvalue weighted by molar-refractivity contribution is 0.174. The number of benzene rings is 1. The summed E-state index contributed by atoms with van der Waals surface area (Å²) in [6.45, 7) is 6.98. The number of pyridine rings is 1. The van der Waals surface area contributed by atoms with Crippen molar-refractivity contribution in [3.05, 3.63) is 64.2 Å². The number of halogens is 1. The Hall–Kier alpha value is -2.43. The van der Waals surface area contributed by atoms with Crippen molar-refractivity contribution in [3.63, 3.8) is 0 Å². The van der Waals surface area contributed by atoms with Crippen LogP contribution in [0, 0.1) is 19.7 Å². The van der Waals surface area contributed by atoms with Crippen LogP contribution in [0.15, 0.2) is 30.5 Å². The van der Waals surface area contributed by atoms with Crippen molar-refractivity contribution < 1.29 is 9.18 Å². The van der Waals surface area contributed by atoms with Crippen LogP contribution < -0.4 is 5.32 Å². The van der Waals surface area contributed by atoms with Gasteiger partial charge in [-0.15, -0.1) is 0 Å². The summed E-state index contributed by atoms with van der Waals surface area (Å²) < 4.78 is 13.5. The van der Waals surface area contributed by atoms with Gasteiger partial charge in [-0.25, -0.2) is 9.18 Å². The molecule has 0 radical (unpaired) electrons. The largest absolute Gasteiger partial charge is 0.334 e. The van der Waals surface area contributed by atoms with Crippen LogP contribution >= 0.6 is 0 Å². The monoisotopic (exact) mass is 327 g/mol. The molecule has 2 aromatic rings. The first-order valence-electron chi connectivity index (χ1n) is 8.20. The standard InChI is InChI=1S/C19H22FN3O/c1-12-8-15(10-21-13(12)2)11-22-19(24)23-7-6-16-4-5-17(20)9-18(16)14(23)3/h4-5,8-10,14H,6-7,11H2,1-3H3,(H,22,24). The lowest BCUT2D eigenvalue weighted by Gasteiger charge is -2.35. The lowest BCUT2D eigenvalue weighted by Crippen LogP contribution is -2.44. The highest BCUT2D eigenvalue weighted by molar-refractivity contribution is 5.75. The van der Waals surface area contributed by atoms with Gasteiger partial charge in [0.05, 0.1) is 6.04 Å². The molecule has 2 amide bonds. The number of aryl methyl sites for hydroxylation is 2. The van der Waals surface area contributed by atoms with Crippen LogP contribution in [0.4, 0.5) is 9.18 Å². The van der Waals surface area contributed by atoms with Crippen molar-refractivity contribution in [2.75, 3.05) is 6.54 Å². The van der Waals surface area contributed by atoms with E-state index in [0.717, 1.165) is 34.4 Å². The molecule has 1 atom stereocenters. The number of amides is 2. The number of urea groups is 1. The number of fused-ring (bicyclic) bond motifs is 1. The number of carbonyl (C=O) groups is 1. The molecule has 2 heterocycles. The van der Waals surface area contributed by atoms with Crippen molar-refractivity contribution in [2.45, 2.75) is 39.8 Å². The van der Waals surface area contributed by atoms with Gasteiger partial charge >= 0.3 is 6.03 Å². The average molecular weight is 327 g/mol. The molecule has 1 aromatic heterocycles. The molecule has 0 fully saturated rings. The van der Waals surface area contributed by atoms with E-state index in [4.69, 9.17) is 0 Å². The zero-order valence-corrected chi connectivity index (χ0v) is 14.3. The molecule has 126 valence electrons. The number of hydrogen-bond acceptors (Lipinski definition) is 2. The maximum absolute atomic E-state index is 13.5. The maximum Gasteiger partial charge on any atom is 0.318 e. The highest BCUT2D eigenvalue weighted by Crippen LogP contribution is 2.29. The third-order valence-electron chi connectivity index (χ3n) is 4.75. The SMILES string of the molecule is Cc1cc(CNC(=O)N2CCc3ccc(F)cc3C2C)cnc1C. The first kappa shape index (κ1) is 16.4. The van der Waals surface area contributed by atoms with Gasteiger partial charge in [-0.2, -0.15) is 0 Å². The Morgan fingerprint density at radius 3 is 2.92 bits per heavy atom. The van der Waals surface area contributed by atoms with Gasteiger partial charge in [0.1, 0.15) is 5.82 Å². The van der Waals surface area contributed by atoms with Crippen LogP contribution in [-0.2, 0) is 13.0 Å². The van der Waals surface area contributed by atoms with Crippen molar-refractivity contribution in [2.24, 2.45) is 0 Å². The second-order valence-corrected chi connectivity index (χ2v) is 6.37. The topological polar surface area (TPSA) is 45.2 Å². The molecule has 1 aliphatic heterocycles. The van der Waals surface area contributed by atoms with Gasteiger partial charge in [-0.3, -0.25) is 4.98 Å². The average Bonchev–Trinajstić information content (AvgIpc) is 2.56. The first-order valence-corrected chi connectivity index (χ1v) is 8.20. The van der Waals surface area contributed by atoms with Crippen molar-refractivity contribution >= 4 is 6.03 Å². The third-order valence-corrected chi connectivity index (χ3v) is 4.75. The Kier molecular flexibility index (Phi) is 4.51. The molecule has 3 rings (SSSR count). The Labute approximate surface area is 141 Å². The minimum atomic E-state index is -0.260. The molecule has 0 spiro atoms. The van der Waals surface area contributed by atoms with Crippen LogP contribution in [0.1, 0.15) is 40.9 Å². The molecule has 0 aliphatic carbocycles. The number of carbonyl (C=O) groups excluding carboxylic acids is 1. The summed E-state index contributed by atoms with van der Waals surface area (Å²) >= 11 is 0. The van der Waals surface area contributed by atoms with Crippen molar-refractivity contribution in [3.8, 4) is 0 Å². The first-order chi connectivity index (χ1) is 11.5. The second kappa shape index (κ2) is 6.59. The number of hydrogen-bond donors (Lipinski definition) is 1. The van der Waals surface area contributed by atoms with E-state index in [1.165, 1.54) is 12.1 Å². The maximum atomic E-state index is 13.5. The van der Waals surface area contributed by atoms with Gasteiger partial charge in [0.2, 0.25) is 0 Å². The number of aromatic nitrogens is 1. The second-order valence-electron chi connectivity index (χ2n) is 6.37. The fourth-order valence-electron chi connectivity index (χ4n) is 3.14. The van der Waals surface area contributed by atoms with Gasteiger partial charge in [0.25, 0.3) is 0 Å². The Morgan fingerprint density at radius 2 is 2.17 bits per heavy atom. The van der Waals surface area contributed by atoms with Gasteiger partial charge in [-0.05, 0) is 61.6 Å². The smallest absolute Gasteiger partial charge is 0.318 e. The molecular weight excluding hydrogens is 305 g/mol. The molecule has 1 N–H and O–H groups in total. The fourth-order valence-corrected chi connectivity index (χ4v) is 3.14. The molecule has 24 heavy (non-hydrogen) atoms. The summed E-state index contributed by atoms with van der Waals surface area (Å²) in [6.07, 6.45) is 2.53. The summed E-state index contributed by atoms with van der Waals surface area (Å²) in [6, 6.07) is 6.60. The summed E-state index contributed by atoms with van der Waals surface area (Å²) in [5, 5.41) is 2.94. The van der Waals surface area contributed by atoms with Crippen molar-refractivity contribution in [1.82, 2.24) is 15.2 Å². The van der Waals surface area contributed by atoms with E-state index >= 15 is 0 Å². The normalized spacial score (nSPS) is 16.7. The molecule has 1 aromatic carbocycles. The minimum Gasteiger partial charge on any atom is -0.334 e. The van der Waals surface area contributed by atoms with Crippen LogP contribution in [-0.4, -0.2) is 22.5 Å². The van der Waals surface area contributed by atoms with Gasteiger partial charge in [0, 0.05) is 25.0 Å². The van der Waals surface area contributed by atoms with Gasteiger partial charge in [0.15, 0.2) is 0 Å². The molecule has 5 heteroatoms. The quantitative estimate of drug-likeness (QED) is 0.915. The Balaban J connectivity index is 1.68. The highest BCUT2D eigenvalue weighted by atomic mass is 19.1. The number of nitrogens with one attached hydrogen (secondary N) is 1. The van der Waals surface area contributed by atoms with E-state index in [1.807, 2.05) is 32.9 Å². The van der Waals surface area contributed by atoms with E-state index < -0.39 is 0 Å². The van der Waals surface area contributed by atoms with E-state index in [-0.39, 0.29) is 17.9 Å². The van der Waals surface area contributed by atoms with Crippen LogP contribution in [0.5, 0.6) is 0 Å². The van der Waals surface area contributed by atoms with Crippen LogP contribution in [0.3, 0.4) is 0 Å². The molecule has 1 aliphatic rings. The summed E-state index contributed by atoms with van der Waals surface area (Å²) in [7, 11) is 0. The highest BCUT2D eigenvalue weighted by Gasteiger charge is 2.27. The van der Waals surface area contributed by atoms with Gasteiger partial charge < -0.3 is 10.2 Å². The molecular formula is C19H22FN3O.